The Kier molecular flexibility index (Phi) is 8.88. The van der Waals surface area contributed by atoms with Crippen molar-refractivity contribution in [3.8, 4) is 5.75 Å². The first-order valence-electron chi connectivity index (χ1n) is 8.52. The van der Waals surface area contributed by atoms with Gasteiger partial charge in [-0.15, -0.1) is 0 Å². The van der Waals surface area contributed by atoms with Crippen LogP contribution in [0.5, 0.6) is 5.75 Å². The highest BCUT2D eigenvalue weighted by Crippen LogP contribution is 2.51. The molecule has 0 heterocycles. The molecule has 1 rings (SSSR count). The second-order valence-corrected chi connectivity index (χ2v) is 7.97. The Morgan fingerprint density at radius 2 is 1.48 bits per heavy atom. The van der Waals surface area contributed by atoms with E-state index in [1.54, 1.807) is 24.3 Å². The number of hydrogen-bond donors (Lipinski definition) is 1. The number of ketones is 1. The Hall–Kier alpha value is -1.12. The van der Waals surface area contributed by atoms with Gasteiger partial charge in [-0.1, -0.05) is 0 Å². The van der Waals surface area contributed by atoms with E-state index in [0.29, 0.717) is 43.5 Å². The minimum absolute atomic E-state index is 0.327. The van der Waals surface area contributed by atoms with Gasteiger partial charge in [0.25, 0.3) is 0 Å². The fraction of sp³-hybridized carbons (Fsp3) is 0.611. The average Bonchev–Trinajstić information content (AvgIpc) is 2.55. The summed E-state index contributed by atoms with van der Waals surface area (Å²) in [6.45, 7) is 10.5. The number of Topliss-reactive ketones (excluding diaryl/α,β-unsaturated/α-hetero) is 1. The predicted octanol–water partition coefficient (Wildman–Crippen LogP) is 3.68. The molecule has 0 radical (unpaired) electrons. The van der Waals surface area contributed by atoms with E-state index in [-0.39, 0.29) is 5.78 Å². The van der Waals surface area contributed by atoms with Crippen molar-refractivity contribution in [2.75, 3.05) is 32.2 Å². The lowest BCUT2D eigenvalue weighted by atomic mass is 9.97. The maximum atomic E-state index is 12.0. The SMILES string of the molecule is CCOS(CCOc1ccc(C(=O)C(C)(C)O)cc1)(OCC)OCC. The fourth-order valence-corrected chi connectivity index (χ4v) is 4.06. The van der Waals surface area contributed by atoms with E-state index in [2.05, 4.69) is 0 Å². The van der Waals surface area contributed by atoms with Crippen LogP contribution in [0.4, 0.5) is 0 Å². The molecule has 1 N–H and O–H groups in total. The van der Waals surface area contributed by atoms with Crippen LogP contribution in [-0.4, -0.2) is 48.7 Å². The van der Waals surface area contributed by atoms with Crippen molar-refractivity contribution < 1.29 is 27.2 Å². The zero-order chi connectivity index (χ0) is 18.9. The maximum absolute atomic E-state index is 12.0. The Morgan fingerprint density at radius 3 is 1.88 bits per heavy atom. The summed E-state index contributed by atoms with van der Waals surface area (Å²) in [5, 5.41) is 9.77. The second kappa shape index (κ2) is 10.1. The van der Waals surface area contributed by atoms with Crippen LogP contribution in [0.2, 0.25) is 0 Å². The molecule has 0 aliphatic heterocycles. The Bertz CT molecular complexity index is 506. The summed E-state index contributed by atoms with van der Waals surface area (Å²) in [7, 11) is -2.07. The summed E-state index contributed by atoms with van der Waals surface area (Å²) in [5.74, 6) is 0.795. The van der Waals surface area contributed by atoms with E-state index >= 15 is 0 Å². The molecule has 144 valence electrons. The number of benzene rings is 1. The Labute approximate surface area is 152 Å². The van der Waals surface area contributed by atoms with Gasteiger partial charge < -0.3 is 9.84 Å². The van der Waals surface area contributed by atoms with Gasteiger partial charge in [0.15, 0.2) is 5.78 Å². The third-order valence-electron chi connectivity index (χ3n) is 3.17. The number of aliphatic hydroxyl groups is 1. The van der Waals surface area contributed by atoms with Crippen molar-refractivity contribution in [1.82, 2.24) is 0 Å². The molecule has 7 heteroatoms. The lowest BCUT2D eigenvalue weighted by Gasteiger charge is -2.36. The molecular formula is C18H30O6S. The molecule has 0 aliphatic rings. The Morgan fingerprint density at radius 1 is 1.00 bits per heavy atom. The molecule has 1 aromatic carbocycles. The molecular weight excluding hydrogens is 344 g/mol. The summed E-state index contributed by atoms with van der Waals surface area (Å²) in [4.78, 5) is 12.0. The van der Waals surface area contributed by atoms with E-state index in [1.807, 2.05) is 20.8 Å². The highest BCUT2D eigenvalue weighted by Gasteiger charge is 2.27. The maximum Gasteiger partial charge on any atom is 0.193 e. The summed E-state index contributed by atoms with van der Waals surface area (Å²) >= 11 is 0. The zero-order valence-electron chi connectivity index (χ0n) is 15.7. The van der Waals surface area contributed by atoms with Crippen LogP contribution in [0, 0.1) is 0 Å². The third kappa shape index (κ3) is 6.95. The first kappa shape index (κ1) is 21.9. The lowest BCUT2D eigenvalue weighted by Crippen LogP contribution is -2.30. The summed E-state index contributed by atoms with van der Waals surface area (Å²) in [5.41, 5.74) is -0.949. The van der Waals surface area contributed by atoms with Crippen LogP contribution in [0.15, 0.2) is 24.3 Å². The van der Waals surface area contributed by atoms with Gasteiger partial charge in [0.05, 0.1) is 36.4 Å². The van der Waals surface area contributed by atoms with Crippen LogP contribution in [0.1, 0.15) is 45.0 Å². The minimum Gasteiger partial charge on any atom is -0.493 e. The summed E-state index contributed by atoms with van der Waals surface area (Å²) in [6, 6.07) is 6.70. The van der Waals surface area contributed by atoms with Crippen molar-refractivity contribution in [2.45, 2.75) is 40.2 Å². The van der Waals surface area contributed by atoms with E-state index in [9.17, 15) is 9.90 Å². The molecule has 0 bridgehead atoms. The quantitative estimate of drug-likeness (QED) is 0.563. The number of carbonyl (C=O) groups is 1. The zero-order valence-corrected chi connectivity index (χ0v) is 16.6. The van der Waals surface area contributed by atoms with Crippen molar-refractivity contribution >= 4 is 16.7 Å². The van der Waals surface area contributed by atoms with Crippen LogP contribution in [0.25, 0.3) is 0 Å². The van der Waals surface area contributed by atoms with Gasteiger partial charge >= 0.3 is 0 Å². The first-order valence-corrected chi connectivity index (χ1v) is 10.1. The number of hydrogen-bond acceptors (Lipinski definition) is 6. The fourth-order valence-electron chi connectivity index (χ4n) is 2.13. The number of rotatable bonds is 12. The predicted molar refractivity (Wildman–Crippen MR) is 99.9 cm³/mol. The second-order valence-electron chi connectivity index (χ2n) is 5.74. The van der Waals surface area contributed by atoms with Gasteiger partial charge in [-0.25, -0.2) is 0 Å². The molecule has 1 aromatic rings. The molecule has 0 atom stereocenters. The molecule has 0 amide bonds. The molecule has 0 aromatic heterocycles. The van der Waals surface area contributed by atoms with Gasteiger partial charge in [0.1, 0.15) is 18.0 Å². The van der Waals surface area contributed by atoms with Gasteiger partial charge in [-0.2, -0.15) is 0 Å². The normalized spacial score (nSPS) is 12.9. The van der Waals surface area contributed by atoms with Gasteiger partial charge in [-0.3, -0.25) is 17.3 Å². The van der Waals surface area contributed by atoms with Crippen LogP contribution >= 0.6 is 10.9 Å². The molecule has 0 saturated heterocycles. The molecule has 0 aliphatic carbocycles. The van der Waals surface area contributed by atoms with E-state index in [4.69, 9.17) is 17.3 Å². The average molecular weight is 374 g/mol. The van der Waals surface area contributed by atoms with E-state index < -0.39 is 16.5 Å². The number of carbonyl (C=O) groups excluding carboxylic acids is 1. The van der Waals surface area contributed by atoms with Gasteiger partial charge in [0.2, 0.25) is 0 Å². The van der Waals surface area contributed by atoms with E-state index in [1.165, 1.54) is 13.8 Å². The minimum atomic E-state index is -2.07. The van der Waals surface area contributed by atoms with Crippen molar-refractivity contribution in [2.24, 2.45) is 0 Å². The lowest BCUT2D eigenvalue weighted by molar-refractivity contribution is 0.0488. The van der Waals surface area contributed by atoms with E-state index in [0.717, 1.165) is 0 Å². The molecule has 0 saturated carbocycles. The van der Waals surface area contributed by atoms with Crippen molar-refractivity contribution in [1.29, 1.82) is 0 Å². The highest BCUT2D eigenvalue weighted by molar-refractivity contribution is 8.21. The van der Waals surface area contributed by atoms with Crippen molar-refractivity contribution in [3.63, 3.8) is 0 Å². The molecule has 0 fully saturated rings. The highest BCUT2D eigenvalue weighted by atomic mass is 32.3. The van der Waals surface area contributed by atoms with Gasteiger partial charge in [0, 0.05) is 5.56 Å². The first-order chi connectivity index (χ1) is 11.8. The van der Waals surface area contributed by atoms with Crippen molar-refractivity contribution in [3.05, 3.63) is 29.8 Å². The van der Waals surface area contributed by atoms with Gasteiger partial charge in [-0.05, 0) is 58.9 Å². The van der Waals surface area contributed by atoms with Crippen LogP contribution in [-0.2, 0) is 12.5 Å². The third-order valence-corrected chi connectivity index (χ3v) is 5.62. The molecule has 6 nitrogen and oxygen atoms in total. The summed E-state index contributed by atoms with van der Waals surface area (Å²) < 4.78 is 22.9. The Balaban J connectivity index is 2.66. The monoisotopic (exact) mass is 374 g/mol. The topological polar surface area (TPSA) is 74.2 Å². The summed E-state index contributed by atoms with van der Waals surface area (Å²) in [6.07, 6.45) is 0. The largest absolute Gasteiger partial charge is 0.493 e. The molecule has 0 unspecified atom stereocenters. The standard InChI is InChI=1S/C18H30O6S/c1-6-22-25(23-7-2,24-8-3)14-13-21-16-11-9-15(10-12-16)17(19)18(4,5)20/h9-12,20H,6-8,13-14H2,1-5H3. The van der Waals surface area contributed by atoms with Crippen LogP contribution in [0.3, 0.4) is 0 Å². The molecule has 0 spiro atoms. The molecule has 25 heavy (non-hydrogen) atoms. The number of ether oxygens (including phenoxy) is 1. The smallest absolute Gasteiger partial charge is 0.193 e. The van der Waals surface area contributed by atoms with Crippen LogP contribution < -0.4 is 4.74 Å².